The monoisotopic (exact) mass is 420 g/mol. The molecule has 1 aliphatic heterocycles. The van der Waals surface area contributed by atoms with Crippen LogP contribution in [0.5, 0.6) is 5.75 Å². The van der Waals surface area contributed by atoms with E-state index in [1.54, 1.807) is 13.2 Å². The maximum absolute atomic E-state index is 14.1. The first-order chi connectivity index (χ1) is 15.2. The van der Waals surface area contributed by atoms with Crippen LogP contribution in [0.3, 0.4) is 0 Å². The van der Waals surface area contributed by atoms with Gasteiger partial charge in [-0.05, 0) is 47.9 Å². The minimum absolute atomic E-state index is 0.0679. The molecule has 0 radical (unpaired) electrons. The van der Waals surface area contributed by atoms with Crippen LogP contribution in [0, 0.1) is 5.82 Å². The summed E-state index contributed by atoms with van der Waals surface area (Å²) >= 11 is 0. The van der Waals surface area contributed by atoms with Crippen molar-refractivity contribution in [2.45, 2.75) is 25.6 Å². The number of aromatic nitrogens is 1. The minimum Gasteiger partial charge on any atom is -0.494 e. The Bertz CT molecular complexity index is 1210. The molecule has 0 unspecified atom stereocenters. The zero-order chi connectivity index (χ0) is 21.4. The fourth-order valence-corrected chi connectivity index (χ4v) is 4.61. The highest BCUT2D eigenvalue weighted by Crippen LogP contribution is 2.40. The molecule has 5 nitrogen and oxygen atoms in total. The maximum Gasteiger partial charge on any atom is 0.165 e. The topological polar surface area (TPSA) is 50.6 Å². The van der Waals surface area contributed by atoms with Crippen LogP contribution in [-0.2, 0) is 24.3 Å². The molecule has 1 N–H and O–H groups in total. The number of hydrogen-bond acceptors (Lipinski definition) is 4. The van der Waals surface area contributed by atoms with Gasteiger partial charge in [0.05, 0.1) is 19.7 Å². The van der Waals surface area contributed by atoms with Crippen molar-refractivity contribution < 1.29 is 18.3 Å². The number of hydrogen-bond donors (Lipinski definition) is 1. The molecule has 0 spiro atoms. The van der Waals surface area contributed by atoms with E-state index in [0.717, 1.165) is 41.3 Å². The third kappa shape index (κ3) is 3.62. The van der Waals surface area contributed by atoms with Gasteiger partial charge in [-0.2, -0.15) is 0 Å². The lowest BCUT2D eigenvalue weighted by Gasteiger charge is -2.35. The first kappa shape index (κ1) is 19.8. The Morgan fingerprint density at radius 1 is 1.10 bits per heavy atom. The summed E-state index contributed by atoms with van der Waals surface area (Å²) in [7, 11) is 3.15. The highest BCUT2D eigenvalue weighted by atomic mass is 19.1. The predicted molar refractivity (Wildman–Crippen MR) is 117 cm³/mol. The van der Waals surface area contributed by atoms with E-state index in [1.165, 1.54) is 24.1 Å². The van der Waals surface area contributed by atoms with Crippen molar-refractivity contribution in [1.82, 2.24) is 9.88 Å². The van der Waals surface area contributed by atoms with Gasteiger partial charge in [0.15, 0.2) is 11.6 Å². The quantitative estimate of drug-likeness (QED) is 0.466. The second-order valence-electron chi connectivity index (χ2n) is 7.88. The van der Waals surface area contributed by atoms with E-state index in [4.69, 9.17) is 13.9 Å². The van der Waals surface area contributed by atoms with Gasteiger partial charge in [-0.15, -0.1) is 0 Å². The fraction of sp³-hybridized carbons (Fsp3) is 0.280. The number of aromatic amines is 1. The molecule has 1 atom stereocenters. The Morgan fingerprint density at radius 2 is 1.94 bits per heavy atom. The summed E-state index contributed by atoms with van der Waals surface area (Å²) in [5, 5.41) is 1.25. The number of halogens is 1. The molecule has 31 heavy (non-hydrogen) atoms. The van der Waals surface area contributed by atoms with E-state index in [1.807, 2.05) is 24.3 Å². The number of ether oxygens (including phenoxy) is 2. The van der Waals surface area contributed by atoms with E-state index in [2.05, 4.69) is 28.1 Å². The van der Waals surface area contributed by atoms with Gasteiger partial charge in [-0.1, -0.05) is 24.3 Å². The van der Waals surface area contributed by atoms with E-state index in [0.29, 0.717) is 13.2 Å². The number of rotatable bonds is 6. The van der Waals surface area contributed by atoms with E-state index >= 15 is 0 Å². The van der Waals surface area contributed by atoms with Gasteiger partial charge in [0.25, 0.3) is 0 Å². The number of furan rings is 1. The number of para-hydroxylation sites is 1. The summed E-state index contributed by atoms with van der Waals surface area (Å²) in [5.74, 6) is 1.58. The predicted octanol–water partition coefficient (Wildman–Crippen LogP) is 5.20. The smallest absolute Gasteiger partial charge is 0.165 e. The lowest BCUT2D eigenvalue weighted by Crippen LogP contribution is -2.35. The Morgan fingerprint density at radius 3 is 2.77 bits per heavy atom. The highest BCUT2D eigenvalue weighted by molar-refractivity contribution is 5.85. The molecular formula is C25H25FN2O3. The summed E-state index contributed by atoms with van der Waals surface area (Å²) in [6, 6.07) is 17.4. The normalized spacial score (nSPS) is 16.5. The molecule has 2 aromatic heterocycles. The second-order valence-corrected chi connectivity index (χ2v) is 7.88. The third-order valence-electron chi connectivity index (χ3n) is 5.99. The third-order valence-corrected chi connectivity index (χ3v) is 5.99. The van der Waals surface area contributed by atoms with Gasteiger partial charge in [0.2, 0.25) is 0 Å². The SMILES string of the molecule is COCc1ccc(CN2CCc3c([nH]c4ccccc34)[C@H]2c2ccc(F)c(OC)c2)o1. The van der Waals surface area contributed by atoms with Crippen LogP contribution in [-0.4, -0.2) is 30.6 Å². The average Bonchev–Trinajstić information content (AvgIpc) is 3.38. The number of nitrogens with one attached hydrogen (secondary N) is 1. The fourth-order valence-electron chi connectivity index (χ4n) is 4.61. The molecule has 0 aliphatic carbocycles. The Hall–Kier alpha value is -3.09. The minimum atomic E-state index is -0.360. The van der Waals surface area contributed by atoms with Gasteiger partial charge in [0.1, 0.15) is 18.1 Å². The molecule has 5 rings (SSSR count). The van der Waals surface area contributed by atoms with Gasteiger partial charge >= 0.3 is 0 Å². The van der Waals surface area contributed by atoms with E-state index in [-0.39, 0.29) is 17.6 Å². The number of methoxy groups -OCH3 is 2. The van der Waals surface area contributed by atoms with Crippen molar-refractivity contribution in [2.24, 2.45) is 0 Å². The molecule has 6 heteroatoms. The molecule has 4 aromatic rings. The zero-order valence-electron chi connectivity index (χ0n) is 17.7. The molecular weight excluding hydrogens is 395 g/mol. The van der Waals surface area contributed by atoms with Crippen molar-refractivity contribution >= 4 is 10.9 Å². The van der Waals surface area contributed by atoms with Crippen molar-refractivity contribution in [3.63, 3.8) is 0 Å². The molecule has 0 bridgehead atoms. The number of nitrogens with zero attached hydrogens (tertiary/aromatic N) is 1. The van der Waals surface area contributed by atoms with Crippen molar-refractivity contribution in [3.8, 4) is 5.75 Å². The number of benzene rings is 2. The largest absolute Gasteiger partial charge is 0.494 e. The van der Waals surface area contributed by atoms with Gasteiger partial charge in [0, 0.05) is 30.3 Å². The first-order valence-corrected chi connectivity index (χ1v) is 10.4. The Labute approximate surface area is 180 Å². The van der Waals surface area contributed by atoms with E-state index in [9.17, 15) is 4.39 Å². The maximum atomic E-state index is 14.1. The van der Waals surface area contributed by atoms with Crippen LogP contribution in [0.2, 0.25) is 0 Å². The highest BCUT2D eigenvalue weighted by Gasteiger charge is 2.32. The van der Waals surface area contributed by atoms with E-state index < -0.39 is 0 Å². The van der Waals surface area contributed by atoms with Crippen LogP contribution < -0.4 is 4.74 Å². The van der Waals surface area contributed by atoms with Crippen molar-refractivity contribution in [3.05, 3.63) is 88.8 Å². The molecule has 0 saturated heterocycles. The molecule has 1 aliphatic rings. The van der Waals surface area contributed by atoms with Crippen LogP contribution in [0.1, 0.15) is 34.4 Å². The van der Waals surface area contributed by atoms with Gasteiger partial charge in [-0.25, -0.2) is 4.39 Å². The molecule has 2 aromatic carbocycles. The summed E-state index contributed by atoms with van der Waals surface area (Å²) in [4.78, 5) is 5.99. The molecule has 0 amide bonds. The van der Waals surface area contributed by atoms with Crippen molar-refractivity contribution in [2.75, 3.05) is 20.8 Å². The summed E-state index contributed by atoms with van der Waals surface area (Å²) in [6.45, 7) is 1.95. The zero-order valence-corrected chi connectivity index (χ0v) is 17.7. The lowest BCUT2D eigenvalue weighted by atomic mass is 9.92. The molecule has 3 heterocycles. The van der Waals surface area contributed by atoms with Gasteiger partial charge < -0.3 is 18.9 Å². The lowest BCUT2D eigenvalue weighted by molar-refractivity contribution is 0.153. The average molecular weight is 420 g/mol. The summed E-state index contributed by atoms with van der Waals surface area (Å²) < 4.78 is 30.6. The van der Waals surface area contributed by atoms with Crippen LogP contribution >= 0.6 is 0 Å². The van der Waals surface area contributed by atoms with Crippen LogP contribution in [0.4, 0.5) is 4.39 Å². The molecule has 0 fully saturated rings. The van der Waals surface area contributed by atoms with Crippen LogP contribution in [0.15, 0.2) is 59.0 Å². The summed E-state index contributed by atoms with van der Waals surface area (Å²) in [6.07, 6.45) is 0.930. The first-order valence-electron chi connectivity index (χ1n) is 10.4. The second kappa shape index (κ2) is 8.21. The summed E-state index contributed by atoms with van der Waals surface area (Å²) in [5.41, 5.74) is 4.56. The number of H-pyrrole nitrogens is 1. The van der Waals surface area contributed by atoms with Gasteiger partial charge in [-0.3, -0.25) is 4.90 Å². The Kier molecular flexibility index (Phi) is 5.26. The van der Waals surface area contributed by atoms with Crippen molar-refractivity contribution in [1.29, 1.82) is 0 Å². The molecule has 0 saturated carbocycles. The Balaban J connectivity index is 1.58. The molecule has 160 valence electrons. The van der Waals surface area contributed by atoms with Crippen LogP contribution in [0.25, 0.3) is 10.9 Å². The standard InChI is InChI=1S/C25H25FN2O3/c1-29-15-18-9-8-17(31-18)14-28-12-11-20-19-5-3-4-6-22(19)27-24(20)25(28)16-7-10-21(26)23(13-16)30-2/h3-10,13,25,27H,11-12,14-15H2,1-2H3/t25-/m1/s1. The number of fused-ring (bicyclic) bond motifs is 3.